The Bertz CT molecular complexity index is 1150. The fraction of sp³-hybridized carbons (Fsp3) is 0.200. The molecule has 0 spiro atoms. The molecule has 0 aliphatic carbocycles. The summed E-state index contributed by atoms with van der Waals surface area (Å²) in [5.74, 6) is -1.99. The molecule has 0 radical (unpaired) electrons. The molecule has 172 valence electrons. The Kier molecular flexibility index (Phi) is 7.58. The average molecular weight is 469 g/mol. The van der Waals surface area contributed by atoms with Crippen molar-refractivity contribution < 1.29 is 24.9 Å². The molecule has 1 amide bonds. The Labute approximate surface area is 197 Å². The number of amides is 1. The normalized spacial score (nSPS) is 15.4. The van der Waals surface area contributed by atoms with Crippen molar-refractivity contribution in [1.29, 1.82) is 0 Å². The number of nitrogens with zero attached hydrogens (tertiary/aromatic N) is 1. The number of phenols is 1. The molecule has 1 aliphatic rings. The van der Waals surface area contributed by atoms with Crippen molar-refractivity contribution in [3.8, 4) is 16.9 Å². The summed E-state index contributed by atoms with van der Waals surface area (Å²) < 4.78 is 0. The lowest BCUT2D eigenvalue weighted by molar-refractivity contribution is 0.0698. The molecule has 1 saturated heterocycles. The van der Waals surface area contributed by atoms with E-state index in [0.717, 1.165) is 30.5 Å². The second kappa shape index (κ2) is 10.4. The van der Waals surface area contributed by atoms with Crippen LogP contribution in [-0.4, -0.2) is 46.4 Å². The summed E-state index contributed by atoms with van der Waals surface area (Å²) in [7, 11) is 0. The lowest BCUT2D eigenvalue weighted by atomic mass is 10.0. The van der Waals surface area contributed by atoms with Gasteiger partial charge in [0.15, 0.2) is 0 Å². The fourth-order valence-electron chi connectivity index (χ4n) is 3.93. The number of aliphatic hydroxyl groups excluding tert-OH is 1. The lowest BCUT2D eigenvalue weighted by Gasteiger charge is -2.32. The zero-order valence-corrected chi connectivity index (χ0v) is 18.6. The Hall–Kier alpha value is -3.55. The van der Waals surface area contributed by atoms with Gasteiger partial charge in [-0.25, -0.2) is 4.79 Å². The van der Waals surface area contributed by atoms with Gasteiger partial charge in [-0.05, 0) is 54.3 Å². The number of carbonyl (C=O) groups excluding carboxylic acids is 1. The number of rotatable bonds is 5. The Balaban J connectivity index is 0.00000306. The van der Waals surface area contributed by atoms with Crippen molar-refractivity contribution in [3.63, 3.8) is 0 Å². The van der Waals surface area contributed by atoms with Crippen LogP contribution in [0.2, 0.25) is 0 Å². The summed E-state index contributed by atoms with van der Waals surface area (Å²) in [5, 5.41) is 32.5. The number of carbonyl (C=O) groups is 2. The Morgan fingerprint density at radius 3 is 2.39 bits per heavy atom. The number of carboxylic acid groups (broad SMARTS) is 1. The highest BCUT2D eigenvalue weighted by Crippen LogP contribution is 2.30. The highest BCUT2D eigenvalue weighted by Gasteiger charge is 2.21. The van der Waals surface area contributed by atoms with E-state index in [1.165, 1.54) is 12.1 Å². The quantitative estimate of drug-likeness (QED) is 0.442. The van der Waals surface area contributed by atoms with E-state index in [2.05, 4.69) is 5.32 Å². The topological polar surface area (TPSA) is 110 Å². The molecule has 1 heterocycles. The molecule has 1 atom stereocenters. The van der Waals surface area contributed by atoms with Gasteiger partial charge >= 0.3 is 5.97 Å². The summed E-state index contributed by atoms with van der Waals surface area (Å²) in [6.07, 6.45) is 1.13. The lowest BCUT2D eigenvalue weighted by Crippen LogP contribution is -2.38. The van der Waals surface area contributed by atoms with Gasteiger partial charge in [-0.15, -0.1) is 12.4 Å². The molecule has 0 saturated carbocycles. The molecule has 33 heavy (non-hydrogen) atoms. The molecule has 7 nitrogen and oxygen atoms in total. The summed E-state index contributed by atoms with van der Waals surface area (Å²) in [6, 6.07) is 18.9. The summed E-state index contributed by atoms with van der Waals surface area (Å²) >= 11 is 0. The summed E-state index contributed by atoms with van der Waals surface area (Å²) in [5.41, 5.74) is 2.47. The first-order valence-electron chi connectivity index (χ1n) is 10.4. The van der Waals surface area contributed by atoms with Crippen molar-refractivity contribution in [2.75, 3.05) is 23.3 Å². The van der Waals surface area contributed by atoms with Crippen LogP contribution in [0.5, 0.6) is 5.75 Å². The molecule has 1 aliphatic heterocycles. The number of hydrogen-bond donors (Lipinski definition) is 4. The van der Waals surface area contributed by atoms with E-state index in [0.29, 0.717) is 12.2 Å². The molecule has 0 bridgehead atoms. The van der Waals surface area contributed by atoms with Gasteiger partial charge in [-0.2, -0.15) is 0 Å². The molecule has 4 rings (SSSR count). The first-order valence-corrected chi connectivity index (χ1v) is 10.4. The van der Waals surface area contributed by atoms with Gasteiger partial charge in [0, 0.05) is 18.8 Å². The predicted molar refractivity (Wildman–Crippen MR) is 130 cm³/mol. The first kappa shape index (κ1) is 24.1. The summed E-state index contributed by atoms with van der Waals surface area (Å²) in [4.78, 5) is 26.7. The second-order valence-electron chi connectivity index (χ2n) is 7.83. The van der Waals surface area contributed by atoms with E-state index >= 15 is 0 Å². The number of nitrogens with one attached hydrogen (secondary N) is 1. The number of β-amino-alcohol motifs (C(OH)–C–C–N with tert-alkyl or cyclic N) is 1. The summed E-state index contributed by atoms with van der Waals surface area (Å²) in [6.45, 7) is 1.19. The van der Waals surface area contributed by atoms with Gasteiger partial charge in [0.2, 0.25) is 0 Å². The largest absolute Gasteiger partial charge is 0.507 e. The number of aromatic hydroxyl groups is 1. The van der Waals surface area contributed by atoms with E-state index in [-0.39, 0.29) is 35.0 Å². The maximum Gasteiger partial charge on any atom is 0.337 e. The molecule has 0 aromatic heterocycles. The molecule has 8 heteroatoms. The number of aliphatic hydroxyl groups is 1. The van der Waals surface area contributed by atoms with Crippen LogP contribution in [0, 0.1) is 0 Å². The van der Waals surface area contributed by atoms with Crippen LogP contribution < -0.4 is 10.2 Å². The minimum absolute atomic E-state index is 0. The van der Waals surface area contributed by atoms with E-state index < -0.39 is 18.0 Å². The monoisotopic (exact) mass is 468 g/mol. The van der Waals surface area contributed by atoms with E-state index in [1.54, 1.807) is 24.3 Å². The van der Waals surface area contributed by atoms with Crippen LogP contribution in [0.25, 0.3) is 11.1 Å². The van der Waals surface area contributed by atoms with Crippen molar-refractivity contribution in [2.24, 2.45) is 0 Å². The van der Waals surface area contributed by atoms with Gasteiger partial charge < -0.3 is 25.5 Å². The SMILES string of the molecule is Cl.O=C(Nc1cc(-c2ccccc2)ccc1C(=O)O)c1cc(N2CCCC(O)C2)ccc1O. The van der Waals surface area contributed by atoms with Crippen LogP contribution >= 0.6 is 12.4 Å². The first-order chi connectivity index (χ1) is 15.4. The van der Waals surface area contributed by atoms with Gasteiger partial charge in [-0.3, -0.25) is 4.79 Å². The minimum Gasteiger partial charge on any atom is -0.507 e. The van der Waals surface area contributed by atoms with Crippen LogP contribution in [0.1, 0.15) is 33.6 Å². The molecule has 1 unspecified atom stereocenters. The highest BCUT2D eigenvalue weighted by atomic mass is 35.5. The minimum atomic E-state index is -1.17. The zero-order chi connectivity index (χ0) is 22.7. The van der Waals surface area contributed by atoms with E-state index in [4.69, 9.17) is 0 Å². The van der Waals surface area contributed by atoms with Crippen LogP contribution in [0.4, 0.5) is 11.4 Å². The number of carboxylic acids is 1. The van der Waals surface area contributed by atoms with Crippen LogP contribution in [0.15, 0.2) is 66.7 Å². The molecular formula is C25H25ClN2O5. The van der Waals surface area contributed by atoms with Gasteiger partial charge in [0.1, 0.15) is 5.75 Å². The van der Waals surface area contributed by atoms with Gasteiger partial charge in [0.05, 0.1) is 22.9 Å². The molecule has 3 aromatic rings. The number of hydrogen-bond acceptors (Lipinski definition) is 5. The van der Waals surface area contributed by atoms with Crippen molar-refractivity contribution in [3.05, 3.63) is 77.9 Å². The Morgan fingerprint density at radius 1 is 0.939 bits per heavy atom. The number of aromatic carboxylic acids is 1. The second-order valence-corrected chi connectivity index (χ2v) is 7.83. The molecule has 4 N–H and O–H groups in total. The van der Waals surface area contributed by atoms with E-state index in [9.17, 15) is 24.9 Å². The third-order valence-corrected chi connectivity index (χ3v) is 5.59. The third-order valence-electron chi connectivity index (χ3n) is 5.59. The molecule has 3 aromatic carbocycles. The maximum atomic E-state index is 13.0. The van der Waals surface area contributed by atoms with Gasteiger partial charge in [-0.1, -0.05) is 36.4 Å². The Morgan fingerprint density at radius 2 is 1.70 bits per heavy atom. The zero-order valence-electron chi connectivity index (χ0n) is 17.8. The van der Waals surface area contributed by atoms with Gasteiger partial charge in [0.25, 0.3) is 5.91 Å². The maximum absolute atomic E-state index is 13.0. The number of anilines is 2. The van der Waals surface area contributed by atoms with Crippen molar-refractivity contribution >= 4 is 35.7 Å². The van der Waals surface area contributed by atoms with Crippen LogP contribution in [0.3, 0.4) is 0 Å². The highest BCUT2D eigenvalue weighted by molar-refractivity contribution is 6.10. The fourth-order valence-corrected chi connectivity index (χ4v) is 3.93. The number of halogens is 1. The number of phenolic OH excluding ortho intramolecular Hbond substituents is 1. The molecular weight excluding hydrogens is 444 g/mol. The average Bonchev–Trinajstić information content (AvgIpc) is 2.79. The number of piperidine rings is 1. The third kappa shape index (κ3) is 5.45. The van der Waals surface area contributed by atoms with E-state index in [1.807, 2.05) is 35.2 Å². The standard InChI is InChI=1S/C25H24N2O5.ClH/c28-19-7-4-12-27(15-19)18-9-11-23(29)21(14-18)24(30)26-22-13-17(8-10-20(22)25(31)32)16-5-2-1-3-6-16;/h1-3,5-6,8-11,13-14,19,28-29H,4,7,12,15H2,(H,26,30)(H,31,32);1H. The molecule has 1 fully saturated rings. The van der Waals surface area contributed by atoms with Crippen LogP contribution in [-0.2, 0) is 0 Å². The predicted octanol–water partition coefficient (Wildman–Crippen LogP) is 4.39. The number of benzene rings is 3. The van der Waals surface area contributed by atoms with Crippen molar-refractivity contribution in [1.82, 2.24) is 0 Å². The van der Waals surface area contributed by atoms with Crippen molar-refractivity contribution in [2.45, 2.75) is 18.9 Å². The smallest absolute Gasteiger partial charge is 0.337 e.